The minimum atomic E-state index is 0.189. The maximum atomic E-state index is 8.94. The molecule has 0 heterocycles. The lowest BCUT2D eigenvalue weighted by molar-refractivity contribution is 0.414. The SMILES string of the molecule is COc1ccccc1C(=N)Nc1ccc(Cl)c(C#N)c1. The van der Waals surface area contributed by atoms with Crippen molar-refractivity contribution in [1.29, 1.82) is 10.7 Å². The van der Waals surface area contributed by atoms with Gasteiger partial charge in [-0.05, 0) is 30.3 Å². The van der Waals surface area contributed by atoms with E-state index < -0.39 is 0 Å². The quantitative estimate of drug-likeness (QED) is 0.668. The van der Waals surface area contributed by atoms with Gasteiger partial charge in [-0.15, -0.1) is 0 Å². The molecule has 0 aliphatic carbocycles. The van der Waals surface area contributed by atoms with E-state index in [0.717, 1.165) is 0 Å². The lowest BCUT2D eigenvalue weighted by Crippen LogP contribution is -2.13. The van der Waals surface area contributed by atoms with Crippen LogP contribution in [0.25, 0.3) is 0 Å². The van der Waals surface area contributed by atoms with E-state index in [0.29, 0.717) is 27.6 Å². The Labute approximate surface area is 122 Å². The summed E-state index contributed by atoms with van der Waals surface area (Å²) >= 11 is 5.87. The Hall–Kier alpha value is -2.51. The third kappa shape index (κ3) is 2.90. The minimum absolute atomic E-state index is 0.189. The van der Waals surface area contributed by atoms with Crippen molar-refractivity contribution in [3.63, 3.8) is 0 Å². The average Bonchev–Trinajstić information content (AvgIpc) is 2.49. The van der Waals surface area contributed by atoms with Gasteiger partial charge in [0.1, 0.15) is 17.7 Å². The van der Waals surface area contributed by atoms with Crippen molar-refractivity contribution in [2.75, 3.05) is 12.4 Å². The molecule has 100 valence electrons. The number of methoxy groups -OCH3 is 1. The molecule has 0 radical (unpaired) electrons. The summed E-state index contributed by atoms with van der Waals surface area (Å²) in [5.74, 6) is 0.799. The van der Waals surface area contributed by atoms with Crippen molar-refractivity contribution >= 4 is 23.1 Å². The summed E-state index contributed by atoms with van der Waals surface area (Å²) in [6.45, 7) is 0. The van der Waals surface area contributed by atoms with E-state index >= 15 is 0 Å². The van der Waals surface area contributed by atoms with Crippen LogP contribution in [0.5, 0.6) is 5.75 Å². The number of ether oxygens (including phenoxy) is 1. The molecule has 0 fully saturated rings. The van der Waals surface area contributed by atoms with Gasteiger partial charge in [-0.25, -0.2) is 0 Å². The Morgan fingerprint density at radius 1 is 1.30 bits per heavy atom. The van der Waals surface area contributed by atoms with Gasteiger partial charge in [-0.2, -0.15) is 5.26 Å². The molecule has 2 N–H and O–H groups in total. The van der Waals surface area contributed by atoms with E-state index in [2.05, 4.69) is 5.32 Å². The third-order valence-electron chi connectivity index (χ3n) is 2.73. The number of rotatable bonds is 3. The van der Waals surface area contributed by atoms with Crippen LogP contribution in [-0.4, -0.2) is 12.9 Å². The van der Waals surface area contributed by atoms with Gasteiger partial charge in [0.15, 0.2) is 0 Å². The Morgan fingerprint density at radius 3 is 2.75 bits per heavy atom. The highest BCUT2D eigenvalue weighted by molar-refractivity contribution is 6.31. The van der Waals surface area contributed by atoms with Crippen LogP contribution in [0, 0.1) is 16.7 Å². The lowest BCUT2D eigenvalue weighted by atomic mass is 10.1. The highest BCUT2D eigenvalue weighted by Crippen LogP contribution is 2.22. The summed E-state index contributed by atoms with van der Waals surface area (Å²) in [4.78, 5) is 0. The van der Waals surface area contributed by atoms with Gasteiger partial charge in [0.2, 0.25) is 0 Å². The molecule has 0 atom stereocenters. The van der Waals surface area contributed by atoms with E-state index in [-0.39, 0.29) is 5.84 Å². The van der Waals surface area contributed by atoms with Crippen LogP contribution in [0.2, 0.25) is 5.02 Å². The molecule has 5 heteroatoms. The normalized spacial score (nSPS) is 9.65. The number of anilines is 1. The van der Waals surface area contributed by atoms with Gasteiger partial charge in [-0.3, -0.25) is 5.41 Å². The van der Waals surface area contributed by atoms with Crippen LogP contribution in [0.15, 0.2) is 42.5 Å². The van der Waals surface area contributed by atoms with Crippen molar-refractivity contribution < 1.29 is 4.74 Å². The zero-order valence-corrected chi connectivity index (χ0v) is 11.5. The molecule has 4 nitrogen and oxygen atoms in total. The van der Waals surface area contributed by atoms with Crippen LogP contribution < -0.4 is 10.1 Å². The zero-order valence-electron chi connectivity index (χ0n) is 10.8. The number of amidine groups is 1. The monoisotopic (exact) mass is 285 g/mol. The summed E-state index contributed by atoms with van der Waals surface area (Å²) in [6.07, 6.45) is 0. The van der Waals surface area contributed by atoms with Gasteiger partial charge in [-0.1, -0.05) is 23.7 Å². The number of benzene rings is 2. The molecule has 0 spiro atoms. The van der Waals surface area contributed by atoms with Crippen LogP contribution in [0.4, 0.5) is 5.69 Å². The van der Waals surface area contributed by atoms with Gasteiger partial charge < -0.3 is 10.1 Å². The number of para-hydroxylation sites is 1. The fraction of sp³-hybridized carbons (Fsp3) is 0.0667. The molecule has 0 saturated carbocycles. The first-order valence-corrected chi connectivity index (χ1v) is 6.22. The molecular formula is C15H12ClN3O. The van der Waals surface area contributed by atoms with E-state index in [1.165, 1.54) is 0 Å². The number of nitrogens with zero attached hydrogens (tertiary/aromatic N) is 1. The largest absolute Gasteiger partial charge is 0.496 e. The Morgan fingerprint density at radius 2 is 2.05 bits per heavy atom. The van der Waals surface area contributed by atoms with Crippen LogP contribution >= 0.6 is 11.6 Å². The van der Waals surface area contributed by atoms with E-state index in [9.17, 15) is 0 Å². The molecule has 0 aliphatic heterocycles. The molecule has 2 aromatic rings. The summed E-state index contributed by atoms with van der Waals surface area (Å²) in [7, 11) is 1.56. The molecule has 2 aromatic carbocycles. The Balaban J connectivity index is 2.26. The second-order valence-electron chi connectivity index (χ2n) is 4.01. The summed E-state index contributed by atoms with van der Waals surface area (Å²) in [5.41, 5.74) is 1.63. The van der Waals surface area contributed by atoms with Crippen molar-refractivity contribution in [3.8, 4) is 11.8 Å². The first-order chi connectivity index (χ1) is 9.65. The van der Waals surface area contributed by atoms with E-state index in [1.54, 1.807) is 37.4 Å². The van der Waals surface area contributed by atoms with Gasteiger partial charge in [0.05, 0.1) is 23.3 Å². The molecule has 0 saturated heterocycles. The van der Waals surface area contributed by atoms with E-state index in [1.807, 2.05) is 18.2 Å². The minimum Gasteiger partial charge on any atom is -0.496 e. The van der Waals surface area contributed by atoms with Gasteiger partial charge in [0.25, 0.3) is 0 Å². The standard InChI is InChI=1S/C15H12ClN3O/c1-20-14-5-3-2-4-12(14)15(18)19-11-6-7-13(16)10(8-11)9-17/h2-8H,1H3,(H2,18,19). The van der Waals surface area contributed by atoms with Crippen molar-refractivity contribution in [2.45, 2.75) is 0 Å². The molecular weight excluding hydrogens is 274 g/mol. The fourth-order valence-corrected chi connectivity index (χ4v) is 1.91. The van der Waals surface area contributed by atoms with Crippen molar-refractivity contribution in [3.05, 3.63) is 58.6 Å². The smallest absolute Gasteiger partial charge is 0.133 e. The third-order valence-corrected chi connectivity index (χ3v) is 3.06. The summed E-state index contributed by atoms with van der Waals surface area (Å²) < 4.78 is 5.21. The highest BCUT2D eigenvalue weighted by Gasteiger charge is 2.09. The maximum absolute atomic E-state index is 8.94. The van der Waals surface area contributed by atoms with Crippen LogP contribution in [-0.2, 0) is 0 Å². The van der Waals surface area contributed by atoms with Gasteiger partial charge >= 0.3 is 0 Å². The van der Waals surface area contributed by atoms with Crippen molar-refractivity contribution in [1.82, 2.24) is 0 Å². The molecule has 0 unspecified atom stereocenters. The maximum Gasteiger partial charge on any atom is 0.133 e. The van der Waals surface area contributed by atoms with Crippen molar-refractivity contribution in [2.24, 2.45) is 0 Å². The molecule has 0 amide bonds. The average molecular weight is 286 g/mol. The molecule has 0 aliphatic rings. The number of nitriles is 1. The number of hydrogen-bond donors (Lipinski definition) is 2. The highest BCUT2D eigenvalue weighted by atomic mass is 35.5. The summed E-state index contributed by atoms with van der Waals surface area (Å²) in [6, 6.07) is 14.2. The topological polar surface area (TPSA) is 68.9 Å². The lowest BCUT2D eigenvalue weighted by Gasteiger charge is -2.12. The molecule has 2 rings (SSSR count). The Bertz CT molecular complexity index is 692. The molecule has 0 aromatic heterocycles. The Kier molecular flexibility index (Phi) is 4.24. The van der Waals surface area contributed by atoms with E-state index in [4.69, 9.17) is 27.0 Å². The number of nitrogens with one attached hydrogen (secondary N) is 2. The summed E-state index contributed by atoms with van der Waals surface area (Å²) in [5, 5.41) is 20.3. The predicted octanol–water partition coefficient (Wildman–Crippen LogP) is 3.66. The van der Waals surface area contributed by atoms with Crippen LogP contribution in [0.3, 0.4) is 0 Å². The fourth-order valence-electron chi connectivity index (χ4n) is 1.75. The van der Waals surface area contributed by atoms with Crippen LogP contribution in [0.1, 0.15) is 11.1 Å². The molecule has 20 heavy (non-hydrogen) atoms. The first-order valence-electron chi connectivity index (χ1n) is 5.84. The molecule has 0 bridgehead atoms. The number of halogens is 1. The second kappa shape index (κ2) is 6.09. The predicted molar refractivity (Wildman–Crippen MR) is 79.6 cm³/mol. The number of hydrogen-bond acceptors (Lipinski definition) is 3. The first kappa shape index (κ1) is 13.9. The second-order valence-corrected chi connectivity index (χ2v) is 4.41. The van der Waals surface area contributed by atoms with Gasteiger partial charge in [0, 0.05) is 5.69 Å². The zero-order chi connectivity index (χ0) is 14.5.